The normalized spacial score (nSPS) is 13.8. The molecule has 28 heavy (non-hydrogen) atoms. The molecule has 1 fully saturated rings. The fourth-order valence-corrected chi connectivity index (χ4v) is 3.84. The molecule has 1 aromatic carbocycles. The number of ether oxygens (including phenoxy) is 1. The Kier molecular flexibility index (Phi) is 4.12. The van der Waals surface area contributed by atoms with E-state index in [0.29, 0.717) is 0 Å². The summed E-state index contributed by atoms with van der Waals surface area (Å²) in [6, 6.07) is 15.3. The highest BCUT2D eigenvalue weighted by atomic mass is 16.5. The Balaban J connectivity index is 1.65. The van der Waals surface area contributed by atoms with Crippen LogP contribution in [0.25, 0.3) is 33.3 Å². The van der Waals surface area contributed by atoms with Crippen molar-refractivity contribution >= 4 is 10.9 Å². The molecular weight excluding hydrogens is 346 g/mol. The Hall–Kier alpha value is -3.14. The number of aromatic nitrogens is 3. The average Bonchev–Trinajstić information content (AvgIpc) is 3.47. The molecule has 4 heteroatoms. The Morgan fingerprint density at radius 1 is 1.00 bits per heavy atom. The van der Waals surface area contributed by atoms with Crippen molar-refractivity contribution in [2.45, 2.75) is 26.3 Å². The first-order valence-corrected chi connectivity index (χ1v) is 9.77. The topological polar surface area (TPSA) is 39.9 Å². The fraction of sp³-hybridized carbons (Fsp3) is 0.250. The molecule has 1 saturated carbocycles. The van der Waals surface area contributed by atoms with E-state index >= 15 is 0 Å². The molecule has 140 valence electrons. The van der Waals surface area contributed by atoms with Crippen LogP contribution in [0, 0.1) is 12.8 Å². The molecule has 0 radical (unpaired) electrons. The maximum atomic E-state index is 5.33. The van der Waals surface area contributed by atoms with Crippen molar-refractivity contribution in [2.24, 2.45) is 5.92 Å². The number of rotatable bonds is 5. The van der Waals surface area contributed by atoms with E-state index in [9.17, 15) is 0 Å². The van der Waals surface area contributed by atoms with E-state index in [1.54, 1.807) is 13.3 Å². The van der Waals surface area contributed by atoms with E-state index in [4.69, 9.17) is 4.74 Å². The highest BCUT2D eigenvalue weighted by Crippen LogP contribution is 2.37. The molecule has 0 unspecified atom stereocenters. The highest BCUT2D eigenvalue weighted by Gasteiger charge is 2.24. The van der Waals surface area contributed by atoms with Gasteiger partial charge in [-0.15, -0.1) is 0 Å². The molecule has 0 saturated heterocycles. The third-order valence-electron chi connectivity index (χ3n) is 5.51. The van der Waals surface area contributed by atoms with E-state index in [2.05, 4.69) is 50.9 Å². The summed E-state index contributed by atoms with van der Waals surface area (Å²) in [5.41, 5.74) is 7.06. The second-order valence-corrected chi connectivity index (χ2v) is 7.66. The fourth-order valence-electron chi connectivity index (χ4n) is 3.84. The lowest BCUT2D eigenvalue weighted by molar-refractivity contribution is 0.413. The largest absolute Gasteiger partial charge is 0.495 e. The Bertz CT molecular complexity index is 1160. The van der Waals surface area contributed by atoms with Crippen LogP contribution in [0.15, 0.2) is 61.1 Å². The molecule has 5 rings (SSSR count). The van der Waals surface area contributed by atoms with Gasteiger partial charge in [-0.3, -0.25) is 9.97 Å². The molecule has 0 N–H and O–H groups in total. The summed E-state index contributed by atoms with van der Waals surface area (Å²) in [7, 11) is 1.67. The Labute approximate surface area is 164 Å². The van der Waals surface area contributed by atoms with Crippen LogP contribution in [0.2, 0.25) is 0 Å². The summed E-state index contributed by atoms with van der Waals surface area (Å²) >= 11 is 0. The molecule has 3 aromatic heterocycles. The minimum Gasteiger partial charge on any atom is -0.495 e. The summed E-state index contributed by atoms with van der Waals surface area (Å²) in [5.74, 6) is 1.58. The Morgan fingerprint density at radius 3 is 2.68 bits per heavy atom. The number of fused-ring (bicyclic) bond motifs is 1. The molecule has 4 aromatic rings. The van der Waals surface area contributed by atoms with Crippen molar-refractivity contribution in [3.63, 3.8) is 0 Å². The number of pyridine rings is 2. The van der Waals surface area contributed by atoms with Gasteiger partial charge in [0.15, 0.2) is 0 Å². The zero-order chi connectivity index (χ0) is 19.1. The minimum atomic E-state index is 0.775. The van der Waals surface area contributed by atoms with E-state index in [1.807, 2.05) is 25.4 Å². The third-order valence-corrected chi connectivity index (χ3v) is 5.51. The quantitative estimate of drug-likeness (QED) is 0.467. The van der Waals surface area contributed by atoms with Crippen molar-refractivity contribution in [3.8, 4) is 28.1 Å². The van der Waals surface area contributed by atoms with Crippen molar-refractivity contribution in [1.29, 1.82) is 0 Å². The van der Waals surface area contributed by atoms with Crippen LogP contribution < -0.4 is 4.74 Å². The highest BCUT2D eigenvalue weighted by molar-refractivity contribution is 5.90. The first kappa shape index (κ1) is 17.0. The van der Waals surface area contributed by atoms with Crippen LogP contribution in [-0.2, 0) is 6.54 Å². The monoisotopic (exact) mass is 369 g/mol. The second kappa shape index (κ2) is 6.79. The summed E-state index contributed by atoms with van der Waals surface area (Å²) in [4.78, 5) is 8.67. The van der Waals surface area contributed by atoms with Crippen molar-refractivity contribution in [3.05, 3.63) is 66.7 Å². The van der Waals surface area contributed by atoms with Gasteiger partial charge >= 0.3 is 0 Å². The molecule has 0 aliphatic heterocycles. The molecule has 0 bridgehead atoms. The number of hydrogen-bond acceptors (Lipinski definition) is 3. The van der Waals surface area contributed by atoms with Gasteiger partial charge in [-0.2, -0.15) is 0 Å². The van der Waals surface area contributed by atoms with Crippen molar-refractivity contribution < 1.29 is 4.74 Å². The van der Waals surface area contributed by atoms with E-state index in [1.165, 1.54) is 35.0 Å². The summed E-state index contributed by atoms with van der Waals surface area (Å²) in [5, 5.41) is 1.26. The SMILES string of the molecule is COc1cncc(-c2ccc3c(c2)cc(-c2ccnc(C)c2)n3CC2CC2)c1. The maximum absolute atomic E-state index is 5.33. The van der Waals surface area contributed by atoms with Gasteiger partial charge in [-0.1, -0.05) is 6.07 Å². The van der Waals surface area contributed by atoms with Crippen LogP contribution in [0.5, 0.6) is 5.75 Å². The zero-order valence-corrected chi connectivity index (χ0v) is 16.2. The van der Waals surface area contributed by atoms with Crippen LogP contribution in [0.1, 0.15) is 18.5 Å². The van der Waals surface area contributed by atoms with Gasteiger partial charge in [0.05, 0.1) is 13.3 Å². The predicted octanol–water partition coefficient (Wildman–Crippen LogP) is 5.49. The number of methoxy groups -OCH3 is 1. The summed E-state index contributed by atoms with van der Waals surface area (Å²) in [6.45, 7) is 3.13. The first-order valence-electron chi connectivity index (χ1n) is 9.77. The smallest absolute Gasteiger partial charge is 0.137 e. The maximum Gasteiger partial charge on any atom is 0.137 e. The lowest BCUT2D eigenvalue weighted by Gasteiger charge is -2.11. The Morgan fingerprint density at radius 2 is 1.89 bits per heavy atom. The number of hydrogen-bond donors (Lipinski definition) is 0. The third kappa shape index (κ3) is 3.15. The van der Waals surface area contributed by atoms with Crippen molar-refractivity contribution in [2.75, 3.05) is 7.11 Å². The lowest BCUT2D eigenvalue weighted by atomic mass is 10.1. The van der Waals surface area contributed by atoms with Crippen LogP contribution in [-0.4, -0.2) is 21.6 Å². The molecule has 1 aliphatic carbocycles. The average molecular weight is 369 g/mol. The molecule has 1 aliphatic rings. The summed E-state index contributed by atoms with van der Waals surface area (Å²) in [6.07, 6.45) is 8.19. The first-order chi connectivity index (χ1) is 13.7. The van der Waals surface area contributed by atoms with Crippen LogP contribution in [0.3, 0.4) is 0 Å². The van der Waals surface area contributed by atoms with Gasteiger partial charge in [-0.05, 0) is 67.6 Å². The van der Waals surface area contributed by atoms with E-state index < -0.39 is 0 Å². The van der Waals surface area contributed by atoms with Crippen molar-refractivity contribution in [1.82, 2.24) is 14.5 Å². The van der Waals surface area contributed by atoms with Crippen LogP contribution in [0.4, 0.5) is 0 Å². The van der Waals surface area contributed by atoms with Gasteiger partial charge in [-0.25, -0.2) is 0 Å². The number of aryl methyl sites for hydroxylation is 1. The van der Waals surface area contributed by atoms with Crippen LogP contribution >= 0.6 is 0 Å². The van der Waals surface area contributed by atoms with Gasteiger partial charge in [0.2, 0.25) is 0 Å². The number of nitrogens with zero attached hydrogens (tertiary/aromatic N) is 3. The lowest BCUT2D eigenvalue weighted by Crippen LogP contribution is -2.02. The molecular formula is C24H23N3O. The van der Waals surface area contributed by atoms with E-state index in [-0.39, 0.29) is 0 Å². The van der Waals surface area contributed by atoms with Gasteiger partial charge in [0.25, 0.3) is 0 Å². The molecule has 4 nitrogen and oxygen atoms in total. The standard InChI is InChI=1S/C24H23N3O/c1-16-9-19(7-8-26-16)24-12-20-10-18(21-11-22(28-2)14-25-13-21)5-6-23(20)27(24)15-17-3-4-17/h5-14,17H,3-4,15H2,1-2H3. The molecule has 0 spiro atoms. The molecule has 0 atom stereocenters. The van der Waals surface area contributed by atoms with Gasteiger partial charge in [0.1, 0.15) is 5.75 Å². The zero-order valence-electron chi connectivity index (χ0n) is 16.2. The van der Waals surface area contributed by atoms with Gasteiger partial charge < -0.3 is 9.30 Å². The molecule has 0 amide bonds. The molecule has 3 heterocycles. The minimum absolute atomic E-state index is 0.775. The van der Waals surface area contributed by atoms with Gasteiger partial charge in [0, 0.05) is 52.4 Å². The second-order valence-electron chi connectivity index (χ2n) is 7.66. The number of benzene rings is 1. The predicted molar refractivity (Wildman–Crippen MR) is 112 cm³/mol. The van der Waals surface area contributed by atoms with E-state index in [0.717, 1.165) is 35.0 Å². The summed E-state index contributed by atoms with van der Waals surface area (Å²) < 4.78 is 7.82.